The summed E-state index contributed by atoms with van der Waals surface area (Å²) in [6.45, 7) is 0. The number of rotatable bonds is 2. The number of hydrogen-bond donors (Lipinski definition) is 0. The molecule has 88 valence electrons. The molecule has 0 saturated heterocycles. The van der Waals surface area contributed by atoms with Crippen molar-refractivity contribution in [2.75, 3.05) is 7.11 Å². The van der Waals surface area contributed by atoms with Gasteiger partial charge in [-0.2, -0.15) is 0 Å². The number of carbonyl (C=O) groups excluding carboxylic acids is 1. The number of nitrogens with zero attached hydrogens (tertiary/aromatic N) is 1. The Morgan fingerprint density at radius 1 is 1.53 bits per heavy atom. The summed E-state index contributed by atoms with van der Waals surface area (Å²) >= 11 is 0. The zero-order valence-corrected chi connectivity index (χ0v) is 9.25. The molecule has 3 rings (SSSR count). The molecule has 2 aliphatic rings. The molecule has 0 bridgehead atoms. The van der Waals surface area contributed by atoms with Crippen LogP contribution < -0.4 is 0 Å². The predicted molar refractivity (Wildman–Crippen MR) is 58.1 cm³/mol. The number of hydrogen-bond acceptors (Lipinski definition) is 4. The zero-order valence-electron chi connectivity index (χ0n) is 9.25. The van der Waals surface area contributed by atoms with E-state index >= 15 is 0 Å². The number of nitro groups is 1. The molecule has 1 saturated carbocycles. The van der Waals surface area contributed by atoms with Crippen molar-refractivity contribution >= 4 is 5.97 Å². The fraction of sp³-hybridized carbons (Fsp3) is 0.417. The van der Waals surface area contributed by atoms with E-state index in [1.165, 1.54) is 7.11 Å². The van der Waals surface area contributed by atoms with E-state index in [9.17, 15) is 14.9 Å². The molecule has 0 aromatic heterocycles. The van der Waals surface area contributed by atoms with E-state index in [0.717, 1.165) is 11.1 Å². The van der Waals surface area contributed by atoms with Gasteiger partial charge in [-0.25, -0.2) is 4.79 Å². The van der Waals surface area contributed by atoms with E-state index < -0.39 is 16.4 Å². The highest BCUT2D eigenvalue weighted by atomic mass is 16.6. The topological polar surface area (TPSA) is 69.4 Å². The SMILES string of the molecule is COC(=O)[C@@]1([N+](=O)[O-])C2Cc3ccccc3C21. The number of methoxy groups -OCH3 is 1. The molecule has 2 unspecified atom stereocenters. The van der Waals surface area contributed by atoms with Crippen LogP contribution in [0.2, 0.25) is 0 Å². The Labute approximate surface area is 97.5 Å². The molecule has 17 heavy (non-hydrogen) atoms. The molecule has 1 aromatic carbocycles. The van der Waals surface area contributed by atoms with E-state index in [2.05, 4.69) is 4.74 Å². The lowest BCUT2D eigenvalue weighted by Crippen LogP contribution is -2.38. The largest absolute Gasteiger partial charge is 0.464 e. The molecule has 0 heterocycles. The first-order valence-electron chi connectivity index (χ1n) is 5.44. The van der Waals surface area contributed by atoms with Gasteiger partial charge in [-0.15, -0.1) is 0 Å². The van der Waals surface area contributed by atoms with Gasteiger partial charge in [-0.05, 0) is 17.5 Å². The molecule has 0 amide bonds. The van der Waals surface area contributed by atoms with Crippen LogP contribution in [0.4, 0.5) is 0 Å². The van der Waals surface area contributed by atoms with Crippen LogP contribution in [-0.2, 0) is 16.0 Å². The highest BCUT2D eigenvalue weighted by Gasteiger charge is 2.84. The van der Waals surface area contributed by atoms with Gasteiger partial charge in [0, 0.05) is 4.92 Å². The van der Waals surface area contributed by atoms with Gasteiger partial charge in [0.1, 0.15) is 0 Å². The first-order chi connectivity index (χ1) is 8.14. The van der Waals surface area contributed by atoms with Crippen molar-refractivity contribution in [3.8, 4) is 0 Å². The van der Waals surface area contributed by atoms with Crippen LogP contribution in [0.25, 0.3) is 0 Å². The Morgan fingerprint density at radius 2 is 2.24 bits per heavy atom. The first kappa shape index (κ1) is 10.3. The molecular formula is C12H11NO4. The number of ether oxygens (including phenoxy) is 1. The molecule has 1 fully saturated rings. The fourth-order valence-corrected chi connectivity index (χ4v) is 3.20. The molecular weight excluding hydrogens is 222 g/mol. The van der Waals surface area contributed by atoms with Gasteiger partial charge in [0.05, 0.1) is 18.9 Å². The standard InChI is InChI=1S/C12H11NO4/c1-17-11(14)12(13(15)16)9-6-7-4-2-3-5-8(7)10(9)12/h2-5,9-10H,6H2,1H3/t9?,10?,12-/m1/s1. The Bertz CT molecular complexity index is 527. The predicted octanol–water partition coefficient (Wildman–Crippen LogP) is 1.14. The van der Waals surface area contributed by atoms with Gasteiger partial charge in [-0.3, -0.25) is 10.1 Å². The summed E-state index contributed by atoms with van der Waals surface area (Å²) in [6, 6.07) is 7.59. The maximum absolute atomic E-state index is 11.7. The molecule has 0 spiro atoms. The Balaban J connectivity index is 2.06. The summed E-state index contributed by atoms with van der Waals surface area (Å²) in [6.07, 6.45) is 0.594. The van der Waals surface area contributed by atoms with Crippen molar-refractivity contribution in [3.63, 3.8) is 0 Å². The van der Waals surface area contributed by atoms with Crippen molar-refractivity contribution in [1.29, 1.82) is 0 Å². The smallest absolute Gasteiger partial charge is 0.385 e. The second-order valence-corrected chi connectivity index (χ2v) is 4.56. The van der Waals surface area contributed by atoms with Crippen LogP contribution >= 0.6 is 0 Å². The summed E-state index contributed by atoms with van der Waals surface area (Å²) in [7, 11) is 1.20. The molecule has 5 heteroatoms. The lowest BCUT2D eigenvalue weighted by atomic mass is 9.98. The van der Waals surface area contributed by atoms with Crippen LogP contribution in [0.5, 0.6) is 0 Å². The average Bonchev–Trinajstić information content (AvgIpc) is 2.84. The summed E-state index contributed by atoms with van der Waals surface area (Å²) < 4.78 is 4.61. The first-order valence-corrected chi connectivity index (χ1v) is 5.44. The van der Waals surface area contributed by atoms with Crippen LogP contribution in [-0.4, -0.2) is 23.5 Å². The molecule has 0 aliphatic heterocycles. The van der Waals surface area contributed by atoms with E-state index in [4.69, 9.17) is 0 Å². The van der Waals surface area contributed by atoms with Crippen molar-refractivity contribution in [3.05, 3.63) is 45.5 Å². The van der Waals surface area contributed by atoms with Gasteiger partial charge in [0.25, 0.3) is 0 Å². The van der Waals surface area contributed by atoms with Crippen molar-refractivity contribution in [2.45, 2.75) is 17.9 Å². The normalized spacial score (nSPS) is 32.5. The van der Waals surface area contributed by atoms with Gasteiger partial charge in [0.2, 0.25) is 0 Å². The van der Waals surface area contributed by atoms with Gasteiger partial charge in [-0.1, -0.05) is 24.3 Å². The Hall–Kier alpha value is -1.91. The number of fused-ring (bicyclic) bond motifs is 3. The maximum Gasteiger partial charge on any atom is 0.385 e. The Morgan fingerprint density at radius 3 is 2.88 bits per heavy atom. The highest BCUT2D eigenvalue weighted by Crippen LogP contribution is 2.66. The number of esters is 1. The minimum absolute atomic E-state index is 0.234. The molecule has 5 nitrogen and oxygen atoms in total. The number of carbonyl (C=O) groups is 1. The lowest BCUT2D eigenvalue weighted by Gasteiger charge is -2.12. The summed E-state index contributed by atoms with van der Waals surface area (Å²) in [5.74, 6) is -1.25. The average molecular weight is 233 g/mol. The van der Waals surface area contributed by atoms with Crippen molar-refractivity contribution in [2.24, 2.45) is 5.92 Å². The molecule has 0 radical (unpaired) electrons. The van der Waals surface area contributed by atoms with E-state index in [1.54, 1.807) is 0 Å². The minimum atomic E-state index is -1.52. The third-order valence-corrected chi connectivity index (χ3v) is 3.98. The second kappa shape index (κ2) is 3.06. The van der Waals surface area contributed by atoms with Crippen LogP contribution in [0.1, 0.15) is 17.0 Å². The summed E-state index contributed by atoms with van der Waals surface area (Å²) in [5, 5.41) is 11.2. The van der Waals surface area contributed by atoms with Crippen molar-refractivity contribution < 1.29 is 14.5 Å². The summed E-state index contributed by atoms with van der Waals surface area (Å²) in [4.78, 5) is 22.4. The van der Waals surface area contributed by atoms with Gasteiger partial charge < -0.3 is 4.74 Å². The third-order valence-electron chi connectivity index (χ3n) is 3.98. The van der Waals surface area contributed by atoms with Crippen LogP contribution in [0.3, 0.4) is 0 Å². The van der Waals surface area contributed by atoms with E-state index in [0.29, 0.717) is 6.42 Å². The molecule has 3 atom stereocenters. The Kier molecular flexibility index (Phi) is 1.85. The third kappa shape index (κ3) is 1.01. The van der Waals surface area contributed by atoms with Gasteiger partial charge >= 0.3 is 11.5 Å². The van der Waals surface area contributed by atoms with Crippen LogP contribution in [0, 0.1) is 16.0 Å². The molecule has 1 aromatic rings. The van der Waals surface area contributed by atoms with E-state index in [-0.39, 0.29) is 11.8 Å². The second-order valence-electron chi connectivity index (χ2n) is 4.56. The monoisotopic (exact) mass is 233 g/mol. The summed E-state index contributed by atoms with van der Waals surface area (Å²) in [5.41, 5.74) is 0.520. The highest BCUT2D eigenvalue weighted by molar-refractivity contribution is 5.87. The lowest BCUT2D eigenvalue weighted by molar-refractivity contribution is -0.530. The maximum atomic E-state index is 11.7. The fourth-order valence-electron chi connectivity index (χ4n) is 3.20. The van der Waals surface area contributed by atoms with Crippen molar-refractivity contribution in [1.82, 2.24) is 0 Å². The molecule has 0 N–H and O–H groups in total. The number of benzene rings is 1. The minimum Gasteiger partial charge on any atom is -0.464 e. The van der Waals surface area contributed by atoms with Crippen LogP contribution in [0.15, 0.2) is 24.3 Å². The zero-order chi connectivity index (χ0) is 12.2. The quantitative estimate of drug-likeness (QED) is 0.436. The van der Waals surface area contributed by atoms with E-state index in [1.807, 2.05) is 24.3 Å². The molecule has 2 aliphatic carbocycles. The van der Waals surface area contributed by atoms with Gasteiger partial charge in [0.15, 0.2) is 0 Å².